The van der Waals surface area contributed by atoms with E-state index in [-0.39, 0.29) is 24.4 Å². The molecule has 10 heteroatoms. The SMILES string of the molecule is CN(C)CCC(C)(N)c1nc(-c2ncn3c2[C@@H]2CCCN2C(=O)c2ccccc2-3)no1.Cl. The molecule has 1 amide bonds. The Morgan fingerprint density at radius 1 is 1.31 bits per heavy atom. The maximum absolute atomic E-state index is 13.2. The van der Waals surface area contributed by atoms with Crippen LogP contribution < -0.4 is 5.73 Å². The molecular weight excluding hydrogens is 430 g/mol. The van der Waals surface area contributed by atoms with Crippen molar-refractivity contribution in [1.29, 1.82) is 0 Å². The largest absolute Gasteiger partial charge is 0.337 e. The molecule has 1 fully saturated rings. The average Bonchev–Trinajstić information content (AvgIpc) is 3.49. The van der Waals surface area contributed by atoms with Crippen LogP contribution in [0.5, 0.6) is 0 Å². The lowest BCUT2D eigenvalue weighted by Crippen LogP contribution is -2.36. The van der Waals surface area contributed by atoms with Crippen LogP contribution in [0.4, 0.5) is 0 Å². The fraction of sp³-hybridized carbons (Fsp3) is 0.455. The van der Waals surface area contributed by atoms with Crippen LogP contribution in [0, 0.1) is 0 Å². The number of rotatable bonds is 5. The van der Waals surface area contributed by atoms with Crippen molar-refractivity contribution in [2.75, 3.05) is 27.2 Å². The molecule has 170 valence electrons. The van der Waals surface area contributed by atoms with E-state index in [9.17, 15) is 4.79 Å². The van der Waals surface area contributed by atoms with Crippen molar-refractivity contribution in [1.82, 2.24) is 29.5 Å². The number of nitrogens with two attached hydrogens (primary N) is 1. The maximum Gasteiger partial charge on any atom is 0.256 e. The van der Waals surface area contributed by atoms with Gasteiger partial charge in [-0.2, -0.15) is 4.98 Å². The van der Waals surface area contributed by atoms with Gasteiger partial charge in [-0.3, -0.25) is 9.36 Å². The quantitative estimate of drug-likeness (QED) is 0.627. The van der Waals surface area contributed by atoms with Crippen molar-refractivity contribution < 1.29 is 9.32 Å². The van der Waals surface area contributed by atoms with Crippen LogP contribution >= 0.6 is 12.4 Å². The molecule has 2 aliphatic rings. The van der Waals surface area contributed by atoms with E-state index < -0.39 is 5.54 Å². The molecule has 9 nitrogen and oxygen atoms in total. The number of aromatic nitrogens is 4. The summed E-state index contributed by atoms with van der Waals surface area (Å²) < 4.78 is 7.58. The number of halogens is 1. The topological polar surface area (TPSA) is 106 Å². The first-order valence-corrected chi connectivity index (χ1v) is 10.6. The lowest BCUT2D eigenvalue weighted by atomic mass is 9.99. The molecule has 1 saturated heterocycles. The second-order valence-corrected chi connectivity index (χ2v) is 8.92. The third-order valence-electron chi connectivity index (χ3n) is 6.23. The van der Waals surface area contributed by atoms with Gasteiger partial charge >= 0.3 is 0 Å². The van der Waals surface area contributed by atoms with Gasteiger partial charge in [0.25, 0.3) is 5.91 Å². The van der Waals surface area contributed by atoms with Gasteiger partial charge in [0.2, 0.25) is 11.7 Å². The first-order valence-electron chi connectivity index (χ1n) is 10.6. The second-order valence-electron chi connectivity index (χ2n) is 8.92. The minimum Gasteiger partial charge on any atom is -0.337 e. The summed E-state index contributed by atoms with van der Waals surface area (Å²) in [6.45, 7) is 3.43. The molecule has 0 spiro atoms. The molecule has 2 aliphatic heterocycles. The normalized spacial score (nSPS) is 19.1. The average molecular weight is 458 g/mol. The number of fused-ring (bicyclic) bond motifs is 5. The van der Waals surface area contributed by atoms with Gasteiger partial charge < -0.3 is 20.1 Å². The van der Waals surface area contributed by atoms with Crippen LogP contribution in [0.15, 0.2) is 35.1 Å². The highest BCUT2D eigenvalue weighted by Crippen LogP contribution is 2.41. The van der Waals surface area contributed by atoms with E-state index in [4.69, 9.17) is 10.3 Å². The molecule has 32 heavy (non-hydrogen) atoms. The lowest BCUT2D eigenvalue weighted by Gasteiger charge is -2.22. The van der Waals surface area contributed by atoms with Gasteiger partial charge in [-0.05, 0) is 59.0 Å². The van der Waals surface area contributed by atoms with E-state index in [2.05, 4.69) is 20.0 Å². The molecule has 0 aliphatic carbocycles. The predicted molar refractivity (Wildman–Crippen MR) is 122 cm³/mol. The van der Waals surface area contributed by atoms with Crippen molar-refractivity contribution in [2.45, 2.75) is 37.8 Å². The summed E-state index contributed by atoms with van der Waals surface area (Å²) in [6.07, 6.45) is 4.26. The Balaban J connectivity index is 0.00000245. The van der Waals surface area contributed by atoms with E-state index in [0.29, 0.717) is 29.4 Å². The number of hydrogen-bond acceptors (Lipinski definition) is 7. The number of para-hydroxylation sites is 1. The first-order chi connectivity index (χ1) is 14.9. The summed E-state index contributed by atoms with van der Waals surface area (Å²) in [5.41, 5.74) is 8.82. The molecule has 2 atom stereocenters. The Morgan fingerprint density at radius 2 is 2.09 bits per heavy atom. The van der Waals surface area contributed by atoms with E-state index in [1.807, 2.05) is 54.8 Å². The van der Waals surface area contributed by atoms with Gasteiger partial charge in [0, 0.05) is 6.54 Å². The first kappa shape index (κ1) is 22.4. The Labute approximate surface area is 193 Å². The van der Waals surface area contributed by atoms with Crippen molar-refractivity contribution in [3.05, 3.63) is 47.7 Å². The molecule has 1 unspecified atom stereocenters. The summed E-state index contributed by atoms with van der Waals surface area (Å²) in [4.78, 5) is 26.5. The van der Waals surface area contributed by atoms with Crippen LogP contribution in [-0.4, -0.2) is 62.6 Å². The lowest BCUT2D eigenvalue weighted by molar-refractivity contribution is 0.0739. The highest BCUT2D eigenvalue weighted by molar-refractivity contribution is 5.99. The summed E-state index contributed by atoms with van der Waals surface area (Å²) in [5, 5.41) is 4.22. The molecule has 0 radical (unpaired) electrons. The van der Waals surface area contributed by atoms with Crippen LogP contribution in [0.3, 0.4) is 0 Å². The molecule has 2 aromatic heterocycles. The second kappa shape index (κ2) is 8.31. The number of carbonyl (C=O) groups is 1. The molecule has 1 aromatic carbocycles. The minimum atomic E-state index is -0.742. The number of imidazole rings is 1. The standard InChI is InChI=1S/C22H27N7O2.ClH/c1-22(23,10-12-27(2)3)21-25-19(26-31-21)17-18-16-9-6-11-28(16)20(30)14-7-4-5-8-15(14)29(18)13-24-17;/h4-5,7-8,13,16H,6,9-12,23H2,1-3H3;1H/t16-,22?;/m0./s1. The molecular formula is C22H28ClN7O2. The van der Waals surface area contributed by atoms with Gasteiger partial charge in [0.15, 0.2) is 0 Å². The molecule has 4 heterocycles. The molecule has 0 saturated carbocycles. The monoisotopic (exact) mass is 457 g/mol. The predicted octanol–water partition coefficient (Wildman–Crippen LogP) is 2.76. The van der Waals surface area contributed by atoms with Gasteiger partial charge in [-0.1, -0.05) is 17.3 Å². The minimum absolute atomic E-state index is 0. The summed E-state index contributed by atoms with van der Waals surface area (Å²) in [6, 6.07) is 7.58. The van der Waals surface area contributed by atoms with E-state index >= 15 is 0 Å². The number of amides is 1. The zero-order chi connectivity index (χ0) is 21.8. The van der Waals surface area contributed by atoms with Crippen LogP contribution in [0.25, 0.3) is 17.2 Å². The Kier molecular flexibility index (Phi) is 5.83. The van der Waals surface area contributed by atoms with Crippen molar-refractivity contribution >= 4 is 18.3 Å². The zero-order valence-corrected chi connectivity index (χ0v) is 19.3. The summed E-state index contributed by atoms with van der Waals surface area (Å²) >= 11 is 0. The van der Waals surface area contributed by atoms with Crippen molar-refractivity contribution in [3.63, 3.8) is 0 Å². The number of hydrogen-bond donors (Lipinski definition) is 1. The highest BCUT2D eigenvalue weighted by atomic mass is 35.5. The summed E-state index contributed by atoms with van der Waals surface area (Å²) in [7, 11) is 4.00. The van der Waals surface area contributed by atoms with Gasteiger partial charge in [0.05, 0.1) is 28.5 Å². The van der Waals surface area contributed by atoms with E-state index in [1.165, 1.54) is 0 Å². The Bertz CT molecular complexity index is 1140. The Hall–Kier alpha value is -2.75. The fourth-order valence-electron chi connectivity index (χ4n) is 4.47. The zero-order valence-electron chi connectivity index (χ0n) is 18.5. The Morgan fingerprint density at radius 3 is 2.88 bits per heavy atom. The van der Waals surface area contributed by atoms with E-state index in [0.717, 1.165) is 37.3 Å². The van der Waals surface area contributed by atoms with Crippen LogP contribution in [-0.2, 0) is 5.54 Å². The highest BCUT2D eigenvalue weighted by Gasteiger charge is 2.40. The number of nitrogens with zero attached hydrogens (tertiary/aromatic N) is 6. The third kappa shape index (κ3) is 3.60. The van der Waals surface area contributed by atoms with Gasteiger partial charge in [-0.25, -0.2) is 4.98 Å². The van der Waals surface area contributed by atoms with Crippen molar-refractivity contribution in [2.24, 2.45) is 5.73 Å². The fourth-order valence-corrected chi connectivity index (χ4v) is 4.47. The van der Waals surface area contributed by atoms with Crippen molar-refractivity contribution in [3.8, 4) is 17.2 Å². The molecule has 0 bridgehead atoms. The van der Waals surface area contributed by atoms with Crippen LogP contribution in [0.2, 0.25) is 0 Å². The number of benzene rings is 1. The third-order valence-corrected chi connectivity index (χ3v) is 6.23. The van der Waals surface area contributed by atoms with E-state index in [1.54, 1.807) is 6.33 Å². The molecule has 3 aromatic rings. The smallest absolute Gasteiger partial charge is 0.256 e. The number of carbonyl (C=O) groups excluding carboxylic acids is 1. The van der Waals surface area contributed by atoms with Crippen LogP contribution in [0.1, 0.15) is 54.2 Å². The molecule has 2 N–H and O–H groups in total. The van der Waals surface area contributed by atoms with Gasteiger partial charge in [0.1, 0.15) is 12.0 Å². The summed E-state index contributed by atoms with van der Waals surface area (Å²) in [5.74, 6) is 0.850. The van der Waals surface area contributed by atoms with Gasteiger partial charge in [-0.15, -0.1) is 12.4 Å². The maximum atomic E-state index is 13.2. The molecule has 5 rings (SSSR count).